The third-order valence-corrected chi connectivity index (χ3v) is 10.1. The van der Waals surface area contributed by atoms with Gasteiger partial charge in [-0.3, -0.25) is 0 Å². The summed E-state index contributed by atoms with van der Waals surface area (Å²) in [5.41, 5.74) is 3.49. The SMILES string of the molecule is Cc1c(F)ccc2cccc(N3CCc4c(nc(OCC5(CC6CNCCO6)CC5)nc4N4CCN(C(=O)O)C(CC#N)C4)C3)c12. The van der Waals surface area contributed by atoms with Crippen molar-refractivity contribution in [2.24, 2.45) is 5.41 Å². The van der Waals surface area contributed by atoms with E-state index in [1.54, 1.807) is 0 Å². The van der Waals surface area contributed by atoms with Crippen LogP contribution in [0.15, 0.2) is 30.3 Å². The normalized spacial score (nSPS) is 22.3. The Morgan fingerprint density at radius 3 is 2.85 bits per heavy atom. The Morgan fingerprint density at radius 2 is 2.09 bits per heavy atom. The van der Waals surface area contributed by atoms with Crippen molar-refractivity contribution in [3.8, 4) is 12.1 Å². The zero-order valence-electron chi connectivity index (χ0n) is 26.2. The van der Waals surface area contributed by atoms with E-state index < -0.39 is 12.1 Å². The first kappa shape index (κ1) is 30.4. The first-order valence-electron chi connectivity index (χ1n) is 16.2. The predicted molar refractivity (Wildman–Crippen MR) is 171 cm³/mol. The molecule has 12 heteroatoms. The van der Waals surface area contributed by atoms with Gasteiger partial charge in [-0.1, -0.05) is 18.2 Å². The van der Waals surface area contributed by atoms with Crippen molar-refractivity contribution in [3.05, 3.63) is 53.0 Å². The van der Waals surface area contributed by atoms with Crippen molar-refractivity contribution in [3.63, 3.8) is 0 Å². The van der Waals surface area contributed by atoms with Gasteiger partial charge in [0.1, 0.15) is 11.6 Å². The Hall–Kier alpha value is -4.21. The molecule has 0 radical (unpaired) electrons. The molecule has 2 aromatic carbocycles. The number of aromatic nitrogens is 2. The number of amides is 1. The molecule has 11 nitrogen and oxygen atoms in total. The molecule has 46 heavy (non-hydrogen) atoms. The second-order valence-electron chi connectivity index (χ2n) is 13.1. The van der Waals surface area contributed by atoms with Gasteiger partial charge in [0.05, 0.1) is 50.1 Å². The van der Waals surface area contributed by atoms with Gasteiger partial charge in [0.2, 0.25) is 0 Å². The molecule has 2 saturated heterocycles. The first-order valence-corrected chi connectivity index (χ1v) is 16.2. The maximum Gasteiger partial charge on any atom is 0.407 e. The number of nitriles is 1. The number of fused-ring (bicyclic) bond motifs is 2. The average molecular weight is 630 g/mol. The number of benzene rings is 2. The molecule has 2 unspecified atom stereocenters. The van der Waals surface area contributed by atoms with Crippen molar-refractivity contribution >= 4 is 28.4 Å². The van der Waals surface area contributed by atoms with E-state index in [1.807, 2.05) is 31.2 Å². The van der Waals surface area contributed by atoms with Crippen LogP contribution in [0, 0.1) is 29.5 Å². The fourth-order valence-corrected chi connectivity index (χ4v) is 7.31. The molecule has 4 heterocycles. The zero-order valence-corrected chi connectivity index (χ0v) is 26.2. The summed E-state index contributed by atoms with van der Waals surface area (Å²) in [6, 6.07) is 11.4. The third kappa shape index (κ3) is 6.01. The zero-order chi connectivity index (χ0) is 31.8. The lowest BCUT2D eigenvalue weighted by molar-refractivity contribution is 0.00449. The van der Waals surface area contributed by atoms with Crippen LogP contribution in [0.2, 0.25) is 0 Å². The van der Waals surface area contributed by atoms with Crippen LogP contribution in [-0.2, 0) is 17.7 Å². The van der Waals surface area contributed by atoms with Gasteiger partial charge in [0.15, 0.2) is 0 Å². The van der Waals surface area contributed by atoms with Gasteiger partial charge in [-0.2, -0.15) is 15.2 Å². The van der Waals surface area contributed by atoms with E-state index in [0.717, 1.165) is 72.5 Å². The number of hydrogen-bond donors (Lipinski definition) is 2. The minimum atomic E-state index is -1.02. The lowest BCUT2D eigenvalue weighted by Gasteiger charge is -2.41. The monoisotopic (exact) mass is 629 g/mol. The average Bonchev–Trinajstić information content (AvgIpc) is 3.84. The fraction of sp³-hybridized carbons (Fsp3) is 0.529. The highest BCUT2D eigenvalue weighted by atomic mass is 19.1. The molecule has 1 amide bonds. The van der Waals surface area contributed by atoms with Crippen molar-refractivity contribution in [1.29, 1.82) is 5.26 Å². The fourth-order valence-electron chi connectivity index (χ4n) is 7.31. The number of carbonyl (C=O) groups is 1. The molecule has 3 fully saturated rings. The van der Waals surface area contributed by atoms with Gasteiger partial charge < -0.3 is 34.6 Å². The summed E-state index contributed by atoms with van der Waals surface area (Å²) < 4.78 is 27.1. The summed E-state index contributed by atoms with van der Waals surface area (Å²) in [5.74, 6) is 0.519. The largest absolute Gasteiger partial charge is 0.465 e. The van der Waals surface area contributed by atoms with Gasteiger partial charge in [0.25, 0.3) is 0 Å². The Bertz CT molecular complexity index is 1670. The van der Waals surface area contributed by atoms with Crippen LogP contribution in [0.1, 0.15) is 42.5 Å². The minimum Gasteiger partial charge on any atom is -0.465 e. The second kappa shape index (κ2) is 12.5. The number of rotatable bonds is 8. The summed E-state index contributed by atoms with van der Waals surface area (Å²) in [6.45, 7) is 7.06. The molecule has 1 aliphatic carbocycles. The molecular weight excluding hydrogens is 589 g/mol. The number of anilines is 2. The molecule has 1 aromatic heterocycles. The molecular formula is C34H40FN7O4. The first-order chi connectivity index (χ1) is 22.3. The van der Waals surface area contributed by atoms with Gasteiger partial charge in [-0.15, -0.1) is 0 Å². The van der Waals surface area contributed by atoms with E-state index in [1.165, 1.54) is 11.0 Å². The van der Waals surface area contributed by atoms with Crippen LogP contribution in [-0.4, -0.2) is 90.7 Å². The Balaban J connectivity index is 1.20. The van der Waals surface area contributed by atoms with Crippen molar-refractivity contribution in [2.75, 3.05) is 62.3 Å². The highest BCUT2D eigenvalue weighted by molar-refractivity contribution is 5.97. The van der Waals surface area contributed by atoms with Gasteiger partial charge in [-0.25, -0.2) is 9.18 Å². The number of nitrogens with zero attached hydrogens (tertiary/aromatic N) is 6. The van der Waals surface area contributed by atoms with Gasteiger partial charge >= 0.3 is 12.1 Å². The molecule has 3 aliphatic heterocycles. The third-order valence-electron chi connectivity index (χ3n) is 10.1. The van der Waals surface area contributed by atoms with E-state index in [2.05, 4.69) is 21.2 Å². The van der Waals surface area contributed by atoms with Gasteiger partial charge in [0, 0.05) is 61.3 Å². The molecule has 0 spiro atoms. The number of hydrogen-bond acceptors (Lipinski definition) is 9. The van der Waals surface area contributed by atoms with Crippen LogP contribution in [0.25, 0.3) is 10.8 Å². The van der Waals surface area contributed by atoms with Crippen molar-refractivity contribution in [1.82, 2.24) is 20.2 Å². The number of aryl methyl sites for hydroxylation is 1. The lowest BCUT2D eigenvalue weighted by Crippen LogP contribution is -2.55. The lowest BCUT2D eigenvalue weighted by atomic mass is 9.98. The van der Waals surface area contributed by atoms with E-state index in [4.69, 9.17) is 19.4 Å². The highest BCUT2D eigenvalue weighted by Gasteiger charge is 2.46. The van der Waals surface area contributed by atoms with E-state index in [-0.39, 0.29) is 30.3 Å². The molecule has 3 aromatic rings. The summed E-state index contributed by atoms with van der Waals surface area (Å²) in [5, 5.41) is 24.5. The highest BCUT2D eigenvalue weighted by Crippen LogP contribution is 2.50. The van der Waals surface area contributed by atoms with Crippen molar-refractivity contribution in [2.45, 2.75) is 57.7 Å². The van der Waals surface area contributed by atoms with E-state index in [0.29, 0.717) is 50.8 Å². The topological polar surface area (TPSA) is 127 Å². The van der Waals surface area contributed by atoms with E-state index >= 15 is 0 Å². The summed E-state index contributed by atoms with van der Waals surface area (Å²) >= 11 is 0. The van der Waals surface area contributed by atoms with Crippen LogP contribution >= 0.6 is 0 Å². The number of morpholine rings is 1. The number of carboxylic acid groups (broad SMARTS) is 1. The number of piperazine rings is 1. The maximum absolute atomic E-state index is 14.7. The smallest absolute Gasteiger partial charge is 0.407 e. The van der Waals surface area contributed by atoms with Crippen molar-refractivity contribution < 1.29 is 23.8 Å². The summed E-state index contributed by atoms with van der Waals surface area (Å²) in [6.07, 6.45) is 2.99. The molecule has 1 saturated carbocycles. The molecule has 242 valence electrons. The number of halogens is 1. The molecule has 4 aliphatic rings. The van der Waals surface area contributed by atoms with Crippen LogP contribution < -0.4 is 19.9 Å². The van der Waals surface area contributed by atoms with Crippen LogP contribution in [0.4, 0.5) is 20.7 Å². The van der Waals surface area contributed by atoms with Crippen LogP contribution in [0.5, 0.6) is 6.01 Å². The Morgan fingerprint density at radius 1 is 1.22 bits per heavy atom. The molecule has 7 rings (SSSR count). The maximum atomic E-state index is 14.7. The van der Waals surface area contributed by atoms with Gasteiger partial charge in [-0.05, 0) is 55.7 Å². The molecule has 0 bridgehead atoms. The Labute approximate surface area is 267 Å². The second-order valence-corrected chi connectivity index (χ2v) is 13.1. The van der Waals surface area contributed by atoms with E-state index in [9.17, 15) is 19.6 Å². The molecule has 2 N–H and O–H groups in total. The van der Waals surface area contributed by atoms with Crippen LogP contribution in [0.3, 0.4) is 0 Å². The number of nitrogens with one attached hydrogen (secondary N) is 1. The minimum absolute atomic E-state index is 0.0463. The molecule has 2 atom stereocenters. The number of ether oxygens (including phenoxy) is 2. The standard InChI is InChI=1S/C34H40FN7O4/c1-22-27(35)6-5-23-3-2-4-29(30(22)23)40-13-8-26-28(20-40)38-32(46-21-34(9-10-34)17-25-18-37-12-16-45-25)39-31(26)41-14-15-42(33(43)44)24(19-41)7-11-36/h2-6,24-25,37H,7-10,12-21H2,1H3,(H,43,44). The summed E-state index contributed by atoms with van der Waals surface area (Å²) in [4.78, 5) is 27.5. The quantitative estimate of drug-likeness (QED) is 0.373. The predicted octanol–water partition coefficient (Wildman–Crippen LogP) is 4.26. The Kier molecular flexibility index (Phi) is 8.29. The summed E-state index contributed by atoms with van der Waals surface area (Å²) in [7, 11) is 0.